The van der Waals surface area contributed by atoms with Crippen molar-refractivity contribution in [3.63, 3.8) is 0 Å². The van der Waals surface area contributed by atoms with Gasteiger partial charge in [-0.2, -0.15) is 124 Å². The second kappa shape index (κ2) is 12.1. The fraction of sp³-hybridized carbons (Fsp3) is 0.545. The Kier molecular flexibility index (Phi) is 9.87. The van der Waals surface area contributed by atoms with E-state index in [1.165, 1.54) is 0 Å². The van der Waals surface area contributed by atoms with Crippen molar-refractivity contribution in [1.29, 1.82) is 0 Å². The number of hydrogen-bond donors (Lipinski definition) is 0. The summed E-state index contributed by atoms with van der Waals surface area (Å²) in [6, 6.07) is 1.40. The molecule has 2 heterocycles. The van der Waals surface area contributed by atoms with Crippen molar-refractivity contribution in [1.82, 2.24) is 20.3 Å². The van der Waals surface area contributed by atoms with Gasteiger partial charge in [-0.3, -0.25) is 0 Å². The van der Waals surface area contributed by atoms with Gasteiger partial charge >= 0.3 is 83.4 Å². The van der Waals surface area contributed by atoms with Crippen molar-refractivity contribution >= 4 is 0 Å². The minimum Gasteiger partial charge on any atom is -0.332 e. The Bertz CT molecular complexity index is 1690. The van der Waals surface area contributed by atoms with Gasteiger partial charge in [-0.25, -0.2) is 0 Å². The Morgan fingerprint density at radius 1 is 0.315 bits per heavy atom. The molecule has 54 heavy (non-hydrogen) atoms. The van der Waals surface area contributed by atoms with Crippen LogP contribution in [0.4, 0.5) is 114 Å². The molecule has 306 valence electrons. The fourth-order valence-electron chi connectivity index (χ4n) is 3.51. The van der Waals surface area contributed by atoms with Gasteiger partial charge in [0.1, 0.15) is 0 Å². The van der Waals surface area contributed by atoms with Crippen molar-refractivity contribution in [2.45, 2.75) is 71.6 Å². The summed E-state index contributed by atoms with van der Waals surface area (Å²) in [7, 11) is 0. The highest BCUT2D eigenvalue weighted by atomic mass is 19.4. The Balaban J connectivity index is 1.95. The second-order valence-electron chi connectivity index (χ2n) is 10.2. The Morgan fingerprint density at radius 2 is 0.537 bits per heavy atom. The molecule has 0 fully saturated rings. The molecule has 3 aromatic rings. The summed E-state index contributed by atoms with van der Waals surface area (Å²) < 4.78 is 354. The maximum absolute atomic E-state index is 14.3. The third-order valence-corrected chi connectivity index (χ3v) is 6.66. The monoisotopic (exact) mass is 850 g/mol. The number of halogens is 26. The minimum absolute atomic E-state index is 0.351. The zero-order valence-electron chi connectivity index (χ0n) is 23.7. The highest BCUT2D eigenvalue weighted by molar-refractivity contribution is 5.62. The maximum Gasteiger partial charge on any atom is 0.460 e. The fourth-order valence-corrected chi connectivity index (χ4v) is 3.51. The summed E-state index contributed by atoms with van der Waals surface area (Å²) in [5.74, 6) is -88.4. The molecule has 0 N–H and O–H groups in total. The lowest BCUT2D eigenvalue weighted by Gasteiger charge is -2.38. The molecule has 1 aromatic carbocycles. The first-order valence-corrected chi connectivity index (χ1v) is 12.3. The largest absolute Gasteiger partial charge is 0.460 e. The molecule has 2 aromatic heterocycles. The van der Waals surface area contributed by atoms with Crippen LogP contribution >= 0.6 is 0 Å². The van der Waals surface area contributed by atoms with E-state index in [4.69, 9.17) is 0 Å². The van der Waals surface area contributed by atoms with Crippen LogP contribution in [0.1, 0.15) is 11.8 Å². The number of benzene rings is 1. The lowest BCUT2D eigenvalue weighted by molar-refractivity contribution is -0.443. The summed E-state index contributed by atoms with van der Waals surface area (Å²) in [6.45, 7) is 0. The predicted molar refractivity (Wildman–Crippen MR) is 112 cm³/mol. The van der Waals surface area contributed by atoms with E-state index in [0.717, 1.165) is 0 Å². The number of alkyl halides is 26. The van der Waals surface area contributed by atoms with Crippen LogP contribution in [0.3, 0.4) is 0 Å². The summed E-state index contributed by atoms with van der Waals surface area (Å²) in [5.41, 5.74) is -1.83. The molecule has 0 amide bonds. The first-order chi connectivity index (χ1) is 23.6. The first kappa shape index (κ1) is 44.1. The number of aromatic nitrogens is 4. The van der Waals surface area contributed by atoms with Gasteiger partial charge in [0, 0.05) is 11.1 Å². The zero-order chi connectivity index (χ0) is 42.5. The molecular weight excluding hydrogens is 846 g/mol. The van der Waals surface area contributed by atoms with Crippen LogP contribution in [0.2, 0.25) is 0 Å². The average molecular weight is 850 g/mol. The summed E-state index contributed by atoms with van der Waals surface area (Å²) in [6.07, 6.45) is -15.4. The molecule has 0 spiro atoms. The Labute approximate surface area is 275 Å². The predicted octanol–water partition coefficient (Wildman–Crippen LogP) is 10.2. The zero-order valence-corrected chi connectivity index (χ0v) is 23.7. The van der Waals surface area contributed by atoms with Crippen LogP contribution in [0.25, 0.3) is 22.8 Å². The average Bonchev–Trinajstić information content (AvgIpc) is 3.71. The first-order valence-electron chi connectivity index (χ1n) is 12.3. The van der Waals surface area contributed by atoms with Crippen molar-refractivity contribution in [2.75, 3.05) is 0 Å². The lowest BCUT2D eigenvalue weighted by Crippen LogP contribution is -2.69. The van der Waals surface area contributed by atoms with Gasteiger partial charge in [0.2, 0.25) is 11.6 Å². The maximum atomic E-state index is 14.3. The van der Waals surface area contributed by atoms with Crippen molar-refractivity contribution in [2.24, 2.45) is 0 Å². The molecule has 0 aliphatic rings. The normalized spacial score (nSPS) is 15.6. The Hall–Kier alpha value is -4.32. The van der Waals surface area contributed by atoms with Gasteiger partial charge in [-0.15, -0.1) is 0 Å². The number of rotatable bonds is 12. The van der Waals surface area contributed by atoms with Crippen molar-refractivity contribution < 1.29 is 123 Å². The molecule has 0 aliphatic heterocycles. The van der Waals surface area contributed by atoms with Crippen LogP contribution in [0, 0.1) is 0 Å². The van der Waals surface area contributed by atoms with E-state index < -0.39 is 106 Å². The SMILES string of the molecule is FC(F)(F)C(F)(F)C(F)(F)C(F)(F)C(F)(F)C(F)(F)c1nc(-c2ccc(-c3noc(C(F)(F)C(F)(F)C(F)(F)C(F)(F)C(F)(F)C(F)(F)F)n3)cc2)no1. The summed E-state index contributed by atoms with van der Waals surface area (Å²) in [4.78, 5) is 4.76. The van der Waals surface area contributed by atoms with E-state index in [1.807, 2.05) is 0 Å². The van der Waals surface area contributed by atoms with Crippen molar-refractivity contribution in [3.05, 3.63) is 36.0 Å². The summed E-state index contributed by atoms with van der Waals surface area (Å²) >= 11 is 0. The van der Waals surface area contributed by atoms with Crippen molar-refractivity contribution in [3.8, 4) is 22.8 Å². The van der Waals surface area contributed by atoms with E-state index >= 15 is 0 Å². The highest BCUT2D eigenvalue weighted by Gasteiger charge is 2.93. The molecule has 0 saturated carbocycles. The minimum atomic E-state index is -8.29. The molecule has 6 nitrogen and oxygen atoms in total. The van der Waals surface area contributed by atoms with Crippen LogP contribution in [0.5, 0.6) is 0 Å². The molecular formula is C22H4F26N4O2. The third kappa shape index (κ3) is 5.81. The van der Waals surface area contributed by atoms with E-state index in [9.17, 15) is 114 Å². The smallest absolute Gasteiger partial charge is 0.332 e. The molecule has 0 radical (unpaired) electrons. The topological polar surface area (TPSA) is 77.8 Å². The molecule has 0 bridgehead atoms. The van der Waals surface area contributed by atoms with Gasteiger partial charge < -0.3 is 9.05 Å². The van der Waals surface area contributed by atoms with Crippen LogP contribution in [0.15, 0.2) is 33.3 Å². The number of hydrogen-bond acceptors (Lipinski definition) is 6. The molecule has 0 aliphatic carbocycles. The van der Waals surface area contributed by atoms with Crippen LogP contribution < -0.4 is 0 Å². The Morgan fingerprint density at radius 3 is 0.759 bits per heavy atom. The van der Waals surface area contributed by atoms with Gasteiger partial charge in [-0.1, -0.05) is 34.6 Å². The molecule has 0 atom stereocenters. The standard InChI is InChI=1S/C22H4F26N4O2/c23-11(24,13(27,28)15(31,32)17(35,36)19(39,40)21(43,44)45)9-49-7(51-53-9)5-1-2-6(4-3-5)8-50-10(54-52-8)12(25,26)14(29,30)16(33,34)18(37,38)20(41,42)22(46,47)48/h1-4H. The van der Waals surface area contributed by atoms with Gasteiger partial charge in [0.05, 0.1) is 0 Å². The van der Waals surface area contributed by atoms with Crippen LogP contribution in [-0.2, 0) is 11.8 Å². The number of nitrogens with zero attached hydrogens (tertiary/aromatic N) is 4. The molecule has 0 unspecified atom stereocenters. The van der Waals surface area contributed by atoms with E-state index in [2.05, 4.69) is 29.3 Å². The van der Waals surface area contributed by atoms with E-state index in [-0.39, 0.29) is 0 Å². The van der Waals surface area contributed by atoms with Gasteiger partial charge in [0.15, 0.2) is 0 Å². The highest BCUT2D eigenvalue weighted by Crippen LogP contribution is 2.63. The van der Waals surface area contributed by atoms with Gasteiger partial charge in [-0.05, 0) is 0 Å². The van der Waals surface area contributed by atoms with E-state index in [1.54, 1.807) is 0 Å². The molecule has 32 heteroatoms. The lowest BCUT2D eigenvalue weighted by atomic mass is 9.94. The molecule has 3 rings (SSSR count). The summed E-state index contributed by atoms with van der Waals surface area (Å²) in [5, 5.41) is 4.98. The second-order valence-corrected chi connectivity index (χ2v) is 10.2. The van der Waals surface area contributed by atoms with Crippen LogP contribution in [-0.4, -0.2) is 80.0 Å². The van der Waals surface area contributed by atoms with E-state index in [0.29, 0.717) is 24.3 Å². The molecule has 0 saturated heterocycles. The third-order valence-electron chi connectivity index (χ3n) is 6.66. The van der Waals surface area contributed by atoms with Gasteiger partial charge in [0.25, 0.3) is 0 Å². The quantitative estimate of drug-likeness (QED) is 0.169.